The molecule has 1 aliphatic heterocycles. The fourth-order valence-corrected chi connectivity index (χ4v) is 2.73. The van der Waals surface area contributed by atoms with E-state index in [1.165, 1.54) is 7.11 Å². The highest BCUT2D eigenvalue weighted by Crippen LogP contribution is 2.33. The molecular formula is C15H21F2NO. The molecular weight excluding hydrogens is 248 g/mol. The molecule has 0 aliphatic carbocycles. The molecule has 0 spiro atoms. The molecule has 19 heavy (non-hydrogen) atoms. The first kappa shape index (κ1) is 14.3. The van der Waals surface area contributed by atoms with Crippen LogP contribution in [0.25, 0.3) is 0 Å². The van der Waals surface area contributed by atoms with E-state index in [2.05, 4.69) is 5.32 Å². The first-order valence-electron chi connectivity index (χ1n) is 6.75. The van der Waals surface area contributed by atoms with Gasteiger partial charge in [0, 0.05) is 18.9 Å². The Balaban J connectivity index is 2.14. The van der Waals surface area contributed by atoms with Crippen LogP contribution >= 0.6 is 0 Å². The molecule has 0 aromatic heterocycles. The quantitative estimate of drug-likeness (QED) is 0.907. The molecule has 0 amide bonds. The second kappa shape index (κ2) is 5.87. The number of hydrogen-bond donors (Lipinski definition) is 1. The van der Waals surface area contributed by atoms with Crippen molar-refractivity contribution in [3.8, 4) is 5.75 Å². The summed E-state index contributed by atoms with van der Waals surface area (Å²) in [6.07, 6.45) is 1.92. The molecule has 1 aromatic carbocycles. The maximum absolute atomic E-state index is 14.8. The molecule has 0 saturated carbocycles. The van der Waals surface area contributed by atoms with E-state index in [1.807, 2.05) is 0 Å². The summed E-state index contributed by atoms with van der Waals surface area (Å²) in [7, 11) is 1.42. The van der Waals surface area contributed by atoms with Crippen LogP contribution in [0.15, 0.2) is 18.2 Å². The van der Waals surface area contributed by atoms with Crippen LogP contribution < -0.4 is 10.1 Å². The molecule has 1 saturated heterocycles. The Morgan fingerprint density at radius 3 is 2.89 bits per heavy atom. The van der Waals surface area contributed by atoms with E-state index in [-0.39, 0.29) is 18.1 Å². The van der Waals surface area contributed by atoms with Crippen LogP contribution in [0.3, 0.4) is 0 Å². The van der Waals surface area contributed by atoms with Crippen molar-refractivity contribution in [1.29, 1.82) is 0 Å². The number of ether oxygens (including phenoxy) is 1. The smallest absolute Gasteiger partial charge is 0.168 e. The van der Waals surface area contributed by atoms with Gasteiger partial charge >= 0.3 is 0 Å². The van der Waals surface area contributed by atoms with E-state index >= 15 is 0 Å². The third-order valence-corrected chi connectivity index (χ3v) is 3.95. The lowest BCUT2D eigenvalue weighted by Gasteiger charge is -2.34. The van der Waals surface area contributed by atoms with Gasteiger partial charge in [0.25, 0.3) is 0 Å². The van der Waals surface area contributed by atoms with Crippen LogP contribution in [-0.4, -0.2) is 25.9 Å². The Morgan fingerprint density at radius 2 is 2.26 bits per heavy atom. The summed E-state index contributed by atoms with van der Waals surface area (Å²) in [5.74, 6) is -0.334. The minimum absolute atomic E-state index is 0.0631. The van der Waals surface area contributed by atoms with Crippen molar-refractivity contribution in [2.75, 3.05) is 20.2 Å². The fraction of sp³-hybridized carbons (Fsp3) is 0.600. The van der Waals surface area contributed by atoms with Crippen molar-refractivity contribution < 1.29 is 13.5 Å². The Morgan fingerprint density at radius 1 is 1.47 bits per heavy atom. The Labute approximate surface area is 113 Å². The van der Waals surface area contributed by atoms with Crippen molar-refractivity contribution in [2.45, 2.75) is 31.9 Å². The molecule has 1 aliphatic rings. The molecule has 2 unspecified atom stereocenters. The summed E-state index contributed by atoms with van der Waals surface area (Å²) in [4.78, 5) is 0. The first-order chi connectivity index (χ1) is 9.04. The summed E-state index contributed by atoms with van der Waals surface area (Å²) < 4.78 is 33.8. The predicted octanol–water partition coefficient (Wildman–Crippen LogP) is 3.10. The maximum atomic E-state index is 14.8. The monoisotopic (exact) mass is 269 g/mol. The molecule has 1 aromatic rings. The normalized spacial score (nSPS) is 22.8. The summed E-state index contributed by atoms with van der Waals surface area (Å²) in [5, 5.41) is 3.21. The lowest BCUT2D eigenvalue weighted by molar-refractivity contribution is 0.0823. The van der Waals surface area contributed by atoms with Crippen LogP contribution in [0.4, 0.5) is 8.78 Å². The van der Waals surface area contributed by atoms with E-state index < -0.39 is 11.5 Å². The number of halogens is 2. The number of piperidine rings is 1. The highest BCUT2D eigenvalue weighted by molar-refractivity contribution is 5.32. The Kier molecular flexibility index (Phi) is 4.40. The molecule has 2 nitrogen and oxygen atoms in total. The first-order valence-corrected chi connectivity index (χ1v) is 6.75. The molecule has 1 fully saturated rings. The molecule has 4 heteroatoms. The molecule has 106 valence electrons. The number of hydrogen-bond acceptors (Lipinski definition) is 2. The highest BCUT2D eigenvalue weighted by atomic mass is 19.1. The Hall–Kier alpha value is -1.16. The summed E-state index contributed by atoms with van der Waals surface area (Å²) in [5.41, 5.74) is -1.02. The molecule has 1 heterocycles. The van der Waals surface area contributed by atoms with E-state index in [4.69, 9.17) is 4.74 Å². The van der Waals surface area contributed by atoms with Crippen molar-refractivity contribution >= 4 is 0 Å². The number of methoxy groups -OCH3 is 1. The minimum atomic E-state index is -1.40. The molecule has 2 atom stereocenters. The van der Waals surface area contributed by atoms with Gasteiger partial charge in [-0.25, -0.2) is 8.78 Å². The van der Waals surface area contributed by atoms with Gasteiger partial charge in [0.15, 0.2) is 11.6 Å². The standard InChI is InChI=1S/C15H21F2NO/c1-15(17,12-6-4-8-18-10-12)9-11-5-3-7-13(19-2)14(11)16/h3,5,7,12,18H,4,6,8-10H2,1-2H3. The molecule has 0 bridgehead atoms. The van der Waals surface area contributed by atoms with Gasteiger partial charge in [0.05, 0.1) is 7.11 Å². The van der Waals surface area contributed by atoms with Gasteiger partial charge in [0.2, 0.25) is 0 Å². The SMILES string of the molecule is COc1cccc(CC(C)(F)C2CCCNC2)c1F. The largest absolute Gasteiger partial charge is 0.494 e. The van der Waals surface area contributed by atoms with E-state index in [0.29, 0.717) is 12.1 Å². The average Bonchev–Trinajstić information content (AvgIpc) is 2.42. The zero-order valence-electron chi connectivity index (χ0n) is 11.5. The van der Waals surface area contributed by atoms with Crippen LogP contribution in [0, 0.1) is 11.7 Å². The number of rotatable bonds is 4. The lowest BCUT2D eigenvalue weighted by Crippen LogP contribution is -2.42. The summed E-state index contributed by atoms with van der Waals surface area (Å²) in [6.45, 7) is 3.18. The van der Waals surface area contributed by atoms with Crippen molar-refractivity contribution in [1.82, 2.24) is 5.32 Å². The van der Waals surface area contributed by atoms with Gasteiger partial charge in [-0.2, -0.15) is 0 Å². The summed E-state index contributed by atoms with van der Waals surface area (Å²) in [6, 6.07) is 4.88. The molecule has 1 N–H and O–H groups in total. The van der Waals surface area contributed by atoms with Crippen LogP contribution in [0.5, 0.6) is 5.75 Å². The van der Waals surface area contributed by atoms with Gasteiger partial charge in [0.1, 0.15) is 5.67 Å². The van der Waals surface area contributed by atoms with Crippen molar-refractivity contribution in [3.05, 3.63) is 29.6 Å². The molecule has 0 radical (unpaired) electrons. The van der Waals surface area contributed by atoms with Crippen molar-refractivity contribution in [3.63, 3.8) is 0 Å². The fourth-order valence-electron chi connectivity index (χ4n) is 2.73. The second-order valence-corrected chi connectivity index (χ2v) is 5.43. The zero-order valence-corrected chi connectivity index (χ0v) is 11.5. The van der Waals surface area contributed by atoms with Crippen LogP contribution in [0.1, 0.15) is 25.3 Å². The van der Waals surface area contributed by atoms with Gasteiger partial charge in [-0.15, -0.1) is 0 Å². The minimum Gasteiger partial charge on any atom is -0.494 e. The number of alkyl halides is 1. The van der Waals surface area contributed by atoms with Gasteiger partial charge < -0.3 is 10.1 Å². The van der Waals surface area contributed by atoms with Crippen LogP contribution in [-0.2, 0) is 6.42 Å². The number of benzene rings is 1. The third-order valence-electron chi connectivity index (χ3n) is 3.95. The van der Waals surface area contributed by atoms with Crippen LogP contribution in [0.2, 0.25) is 0 Å². The van der Waals surface area contributed by atoms with Gasteiger partial charge in [-0.3, -0.25) is 0 Å². The highest BCUT2D eigenvalue weighted by Gasteiger charge is 2.36. The van der Waals surface area contributed by atoms with E-state index in [1.54, 1.807) is 25.1 Å². The molecule has 2 rings (SSSR count). The number of nitrogens with one attached hydrogen (secondary N) is 1. The summed E-state index contributed by atoms with van der Waals surface area (Å²) >= 11 is 0. The van der Waals surface area contributed by atoms with Crippen molar-refractivity contribution in [2.24, 2.45) is 5.92 Å². The van der Waals surface area contributed by atoms with Gasteiger partial charge in [-0.05, 0) is 37.9 Å². The maximum Gasteiger partial charge on any atom is 0.168 e. The third kappa shape index (κ3) is 3.24. The zero-order chi connectivity index (χ0) is 13.9. The second-order valence-electron chi connectivity index (χ2n) is 5.43. The Bertz CT molecular complexity index is 428. The van der Waals surface area contributed by atoms with E-state index in [9.17, 15) is 8.78 Å². The van der Waals surface area contributed by atoms with Gasteiger partial charge in [-0.1, -0.05) is 12.1 Å². The topological polar surface area (TPSA) is 21.3 Å². The lowest BCUT2D eigenvalue weighted by atomic mass is 9.81. The average molecular weight is 269 g/mol. The predicted molar refractivity (Wildman–Crippen MR) is 71.8 cm³/mol. The van der Waals surface area contributed by atoms with E-state index in [0.717, 1.165) is 19.4 Å².